The molecule has 2 amide bonds. The van der Waals surface area contributed by atoms with Crippen molar-refractivity contribution in [3.05, 3.63) is 59.2 Å². The number of carbonyl (C=O) groups excluding carboxylic acids is 2. The van der Waals surface area contributed by atoms with Gasteiger partial charge < -0.3 is 10.4 Å². The van der Waals surface area contributed by atoms with Gasteiger partial charge in [0.2, 0.25) is 0 Å². The summed E-state index contributed by atoms with van der Waals surface area (Å²) in [6.45, 7) is 1.96. The molecule has 0 radical (unpaired) electrons. The van der Waals surface area contributed by atoms with Crippen molar-refractivity contribution >= 4 is 17.5 Å². The van der Waals surface area contributed by atoms with Crippen molar-refractivity contribution in [1.82, 2.24) is 4.90 Å². The zero-order valence-corrected chi connectivity index (χ0v) is 12.3. The summed E-state index contributed by atoms with van der Waals surface area (Å²) in [5.41, 5.74) is 2.54. The molecule has 5 heteroatoms. The van der Waals surface area contributed by atoms with Crippen molar-refractivity contribution in [2.75, 3.05) is 12.4 Å². The fourth-order valence-electron chi connectivity index (χ4n) is 2.58. The van der Waals surface area contributed by atoms with E-state index in [-0.39, 0.29) is 23.6 Å². The topological polar surface area (TPSA) is 69.6 Å². The zero-order valence-electron chi connectivity index (χ0n) is 12.3. The Labute approximate surface area is 128 Å². The van der Waals surface area contributed by atoms with Gasteiger partial charge >= 0.3 is 0 Å². The smallest absolute Gasteiger partial charge is 0.261 e. The Morgan fingerprint density at radius 1 is 1.05 bits per heavy atom. The lowest BCUT2D eigenvalue weighted by molar-refractivity contribution is 0.0693. The first-order valence-electron chi connectivity index (χ1n) is 6.99. The number of phenolic OH excluding ortho intramolecular Hbond substituents is 1. The van der Waals surface area contributed by atoms with Crippen LogP contribution in [-0.4, -0.2) is 28.9 Å². The Bertz CT molecular complexity index is 770. The van der Waals surface area contributed by atoms with Crippen LogP contribution >= 0.6 is 0 Å². The minimum Gasteiger partial charge on any atom is -0.508 e. The number of aromatic hydroxyl groups is 1. The lowest BCUT2D eigenvalue weighted by Crippen LogP contribution is -2.24. The lowest BCUT2D eigenvalue weighted by Gasteiger charge is -2.16. The van der Waals surface area contributed by atoms with E-state index in [9.17, 15) is 14.7 Å². The first kappa shape index (κ1) is 14.1. The first-order chi connectivity index (χ1) is 10.5. The Morgan fingerprint density at radius 2 is 1.77 bits per heavy atom. The normalized spacial score (nSPS) is 14.9. The summed E-state index contributed by atoms with van der Waals surface area (Å²) in [6.07, 6.45) is 0. The minimum absolute atomic E-state index is 0.0462. The summed E-state index contributed by atoms with van der Waals surface area (Å²) in [5.74, 6) is -0.344. The molecule has 2 N–H and O–H groups in total. The van der Waals surface area contributed by atoms with E-state index in [1.54, 1.807) is 36.4 Å². The number of fused-ring (bicyclic) bond motifs is 1. The van der Waals surface area contributed by atoms with E-state index in [4.69, 9.17) is 0 Å². The van der Waals surface area contributed by atoms with E-state index in [2.05, 4.69) is 5.32 Å². The maximum Gasteiger partial charge on any atom is 0.261 e. The highest BCUT2D eigenvalue weighted by Crippen LogP contribution is 2.27. The van der Waals surface area contributed by atoms with Crippen LogP contribution in [0.15, 0.2) is 42.5 Å². The average molecular weight is 296 g/mol. The first-order valence-corrected chi connectivity index (χ1v) is 6.99. The van der Waals surface area contributed by atoms with Gasteiger partial charge in [-0.3, -0.25) is 14.5 Å². The second kappa shape index (κ2) is 5.18. The van der Waals surface area contributed by atoms with Crippen LogP contribution in [0.25, 0.3) is 0 Å². The fraction of sp³-hybridized carbons (Fsp3) is 0.176. The minimum atomic E-state index is -0.284. The molecule has 1 aliphatic heterocycles. The number of phenols is 1. The zero-order chi connectivity index (χ0) is 15.9. The maximum absolute atomic E-state index is 12.0. The molecule has 0 aliphatic carbocycles. The van der Waals surface area contributed by atoms with Crippen LogP contribution in [0.4, 0.5) is 5.69 Å². The van der Waals surface area contributed by atoms with E-state index in [0.29, 0.717) is 11.1 Å². The summed E-state index contributed by atoms with van der Waals surface area (Å²) < 4.78 is 0. The Morgan fingerprint density at radius 3 is 2.50 bits per heavy atom. The molecule has 0 saturated heterocycles. The van der Waals surface area contributed by atoms with Gasteiger partial charge in [-0.15, -0.1) is 0 Å². The van der Waals surface area contributed by atoms with Gasteiger partial charge in [0.1, 0.15) is 5.75 Å². The highest BCUT2D eigenvalue weighted by atomic mass is 16.3. The van der Waals surface area contributed by atoms with Gasteiger partial charge in [0, 0.05) is 18.8 Å². The maximum atomic E-state index is 12.0. The standard InChI is InChI=1S/C17H16N2O3/c1-10(11-4-3-5-13(20)8-11)18-12-6-7-14-15(9-12)17(22)19(2)16(14)21/h3-10,18,20H,1-2H3. The number of amides is 2. The van der Waals surface area contributed by atoms with Crippen LogP contribution < -0.4 is 5.32 Å². The Hall–Kier alpha value is -2.82. The number of hydrogen-bond donors (Lipinski definition) is 2. The van der Waals surface area contributed by atoms with Gasteiger partial charge in [0.05, 0.1) is 11.1 Å². The number of imide groups is 1. The molecular formula is C17H16N2O3. The molecular weight excluding hydrogens is 280 g/mol. The molecule has 3 rings (SSSR count). The third-order valence-corrected chi connectivity index (χ3v) is 3.84. The van der Waals surface area contributed by atoms with Crippen molar-refractivity contribution in [1.29, 1.82) is 0 Å². The molecule has 22 heavy (non-hydrogen) atoms. The summed E-state index contributed by atoms with van der Waals surface area (Å²) in [6, 6.07) is 12.1. The third kappa shape index (κ3) is 2.30. The summed E-state index contributed by atoms with van der Waals surface area (Å²) >= 11 is 0. The average Bonchev–Trinajstić information content (AvgIpc) is 2.72. The van der Waals surface area contributed by atoms with Gasteiger partial charge in [-0.05, 0) is 42.8 Å². The summed E-state index contributed by atoms with van der Waals surface area (Å²) in [7, 11) is 1.48. The summed E-state index contributed by atoms with van der Waals surface area (Å²) in [5, 5.41) is 12.8. The quantitative estimate of drug-likeness (QED) is 0.855. The van der Waals surface area contributed by atoms with Crippen LogP contribution in [0.2, 0.25) is 0 Å². The van der Waals surface area contributed by atoms with Crippen molar-refractivity contribution < 1.29 is 14.7 Å². The number of rotatable bonds is 3. The monoisotopic (exact) mass is 296 g/mol. The highest BCUT2D eigenvalue weighted by Gasteiger charge is 2.32. The van der Waals surface area contributed by atoms with E-state index in [0.717, 1.165) is 16.2 Å². The molecule has 0 fully saturated rings. The highest BCUT2D eigenvalue weighted by molar-refractivity contribution is 6.21. The SMILES string of the molecule is CC(Nc1ccc2c(c1)C(=O)N(C)C2=O)c1cccc(O)c1. The van der Waals surface area contributed by atoms with Crippen molar-refractivity contribution in [3.63, 3.8) is 0 Å². The van der Waals surface area contributed by atoms with E-state index in [1.165, 1.54) is 7.05 Å². The molecule has 2 aromatic rings. The fourth-order valence-corrected chi connectivity index (χ4v) is 2.58. The number of hydrogen-bond acceptors (Lipinski definition) is 4. The Balaban J connectivity index is 1.86. The predicted molar refractivity (Wildman–Crippen MR) is 83.0 cm³/mol. The van der Waals surface area contributed by atoms with Crippen molar-refractivity contribution in [2.45, 2.75) is 13.0 Å². The van der Waals surface area contributed by atoms with Gasteiger partial charge in [-0.2, -0.15) is 0 Å². The molecule has 1 heterocycles. The summed E-state index contributed by atoms with van der Waals surface area (Å²) in [4.78, 5) is 25.0. The van der Waals surface area contributed by atoms with Crippen LogP contribution in [0.3, 0.4) is 0 Å². The van der Waals surface area contributed by atoms with Crippen molar-refractivity contribution in [2.24, 2.45) is 0 Å². The number of anilines is 1. The molecule has 1 aliphatic rings. The molecule has 112 valence electrons. The van der Waals surface area contributed by atoms with Gasteiger partial charge in [0.15, 0.2) is 0 Å². The molecule has 0 aromatic heterocycles. The molecule has 5 nitrogen and oxygen atoms in total. The van der Waals surface area contributed by atoms with E-state index in [1.807, 2.05) is 13.0 Å². The van der Waals surface area contributed by atoms with Crippen molar-refractivity contribution in [3.8, 4) is 5.75 Å². The van der Waals surface area contributed by atoms with Crippen LogP contribution in [-0.2, 0) is 0 Å². The van der Waals surface area contributed by atoms with E-state index < -0.39 is 0 Å². The molecule has 1 unspecified atom stereocenters. The van der Waals surface area contributed by atoms with Gasteiger partial charge in [-0.25, -0.2) is 0 Å². The molecule has 2 aromatic carbocycles. The van der Waals surface area contributed by atoms with Gasteiger partial charge in [-0.1, -0.05) is 12.1 Å². The van der Waals surface area contributed by atoms with Crippen LogP contribution in [0.1, 0.15) is 39.2 Å². The van der Waals surface area contributed by atoms with Gasteiger partial charge in [0.25, 0.3) is 11.8 Å². The van der Waals surface area contributed by atoms with Crippen LogP contribution in [0.5, 0.6) is 5.75 Å². The Kier molecular flexibility index (Phi) is 3.33. The number of nitrogens with zero attached hydrogens (tertiary/aromatic N) is 1. The largest absolute Gasteiger partial charge is 0.508 e. The second-order valence-electron chi connectivity index (χ2n) is 5.39. The number of benzene rings is 2. The predicted octanol–water partition coefficient (Wildman–Crippen LogP) is 2.79. The molecule has 0 spiro atoms. The number of nitrogens with one attached hydrogen (secondary N) is 1. The molecule has 1 atom stereocenters. The second-order valence-corrected chi connectivity index (χ2v) is 5.39. The molecule has 0 bridgehead atoms. The van der Waals surface area contributed by atoms with Crippen LogP contribution in [0, 0.1) is 0 Å². The lowest BCUT2D eigenvalue weighted by atomic mass is 10.1. The third-order valence-electron chi connectivity index (χ3n) is 3.84. The molecule has 0 saturated carbocycles. The van der Waals surface area contributed by atoms with E-state index >= 15 is 0 Å². The number of carbonyl (C=O) groups is 2.